The molecule has 0 amide bonds. The summed E-state index contributed by atoms with van der Waals surface area (Å²) in [6.07, 6.45) is 4.36. The van der Waals surface area contributed by atoms with Crippen LogP contribution in [0.25, 0.3) is 0 Å². The molecule has 1 aliphatic carbocycles. The van der Waals surface area contributed by atoms with E-state index in [4.69, 9.17) is 5.73 Å². The van der Waals surface area contributed by atoms with E-state index in [1.807, 2.05) is 0 Å². The van der Waals surface area contributed by atoms with Crippen LogP contribution >= 0.6 is 0 Å². The van der Waals surface area contributed by atoms with Gasteiger partial charge in [0.2, 0.25) is 0 Å². The van der Waals surface area contributed by atoms with Crippen LogP contribution in [0.1, 0.15) is 45.1 Å². The lowest BCUT2D eigenvalue weighted by atomic mass is 9.66. The second-order valence-corrected chi connectivity index (χ2v) is 6.45. The zero-order chi connectivity index (χ0) is 13.4. The van der Waals surface area contributed by atoms with E-state index in [0.29, 0.717) is 12.0 Å². The molecular weight excluding hydrogens is 232 g/mol. The topological polar surface area (TPSA) is 26.0 Å². The van der Waals surface area contributed by atoms with E-state index < -0.39 is 17.2 Å². The van der Waals surface area contributed by atoms with E-state index in [2.05, 4.69) is 13.8 Å². The van der Waals surface area contributed by atoms with Crippen LogP contribution in [0.15, 0.2) is 18.2 Å². The van der Waals surface area contributed by atoms with E-state index in [1.54, 1.807) is 12.1 Å². The van der Waals surface area contributed by atoms with Gasteiger partial charge in [0.1, 0.15) is 0 Å². The van der Waals surface area contributed by atoms with Crippen LogP contribution in [-0.4, -0.2) is 5.54 Å². The largest absolute Gasteiger partial charge is 0.325 e. The second kappa shape index (κ2) is 4.61. The van der Waals surface area contributed by atoms with Gasteiger partial charge in [0, 0.05) is 5.54 Å². The third kappa shape index (κ3) is 2.89. The highest BCUT2D eigenvalue weighted by Crippen LogP contribution is 2.41. The summed E-state index contributed by atoms with van der Waals surface area (Å²) < 4.78 is 26.9. The summed E-state index contributed by atoms with van der Waals surface area (Å²) >= 11 is 0. The second-order valence-electron chi connectivity index (χ2n) is 6.45. The smallest absolute Gasteiger partial charge is 0.162 e. The van der Waals surface area contributed by atoms with Crippen molar-refractivity contribution in [2.45, 2.75) is 51.5 Å². The van der Waals surface area contributed by atoms with Crippen molar-refractivity contribution in [3.63, 3.8) is 0 Å². The summed E-state index contributed by atoms with van der Waals surface area (Å²) in [5, 5.41) is 0. The first kappa shape index (κ1) is 13.5. The number of hydrogen-bond donors (Lipinski definition) is 1. The highest BCUT2D eigenvalue weighted by Gasteiger charge is 2.37. The molecule has 1 aromatic carbocycles. The van der Waals surface area contributed by atoms with Gasteiger partial charge < -0.3 is 5.73 Å². The minimum Gasteiger partial charge on any atom is -0.325 e. The molecule has 1 nitrogen and oxygen atoms in total. The lowest BCUT2D eigenvalue weighted by molar-refractivity contribution is 0.150. The fraction of sp³-hybridized carbons (Fsp3) is 0.600. The van der Waals surface area contributed by atoms with E-state index in [9.17, 15) is 8.78 Å². The molecule has 18 heavy (non-hydrogen) atoms. The minimum atomic E-state index is -0.786. The van der Waals surface area contributed by atoms with Crippen LogP contribution in [0.2, 0.25) is 0 Å². The van der Waals surface area contributed by atoms with Crippen molar-refractivity contribution in [1.29, 1.82) is 0 Å². The normalized spacial score (nSPS) is 27.2. The zero-order valence-electron chi connectivity index (χ0n) is 11.1. The number of nitrogens with two attached hydrogens (primary N) is 1. The SMILES string of the molecule is CC1(C)CCCC(N)(Cc2cccc(F)c2F)C1. The molecular formula is C15H21F2N. The number of hydrogen-bond acceptors (Lipinski definition) is 1. The first-order valence-corrected chi connectivity index (χ1v) is 6.53. The maximum absolute atomic E-state index is 13.7. The molecule has 1 atom stereocenters. The highest BCUT2D eigenvalue weighted by atomic mass is 19.2. The molecule has 1 aliphatic rings. The Morgan fingerprint density at radius 3 is 2.61 bits per heavy atom. The Kier molecular flexibility index (Phi) is 3.45. The van der Waals surface area contributed by atoms with Gasteiger partial charge in [-0.25, -0.2) is 8.78 Å². The van der Waals surface area contributed by atoms with Crippen molar-refractivity contribution >= 4 is 0 Å². The highest BCUT2D eigenvalue weighted by molar-refractivity contribution is 5.22. The number of rotatable bonds is 2. The van der Waals surface area contributed by atoms with Crippen molar-refractivity contribution in [1.82, 2.24) is 0 Å². The zero-order valence-corrected chi connectivity index (χ0v) is 11.1. The monoisotopic (exact) mass is 253 g/mol. The molecule has 2 N–H and O–H groups in total. The van der Waals surface area contributed by atoms with Gasteiger partial charge in [-0.3, -0.25) is 0 Å². The molecule has 1 fully saturated rings. The number of halogens is 2. The predicted molar refractivity (Wildman–Crippen MR) is 69.2 cm³/mol. The van der Waals surface area contributed by atoms with Gasteiger partial charge in [0.05, 0.1) is 0 Å². The van der Waals surface area contributed by atoms with Crippen LogP contribution in [0.3, 0.4) is 0 Å². The van der Waals surface area contributed by atoms with Gasteiger partial charge in [-0.15, -0.1) is 0 Å². The molecule has 0 saturated heterocycles. The minimum absolute atomic E-state index is 0.191. The Bertz CT molecular complexity index is 442. The fourth-order valence-electron chi connectivity index (χ4n) is 3.26. The predicted octanol–water partition coefficient (Wildman–Crippen LogP) is 3.81. The Balaban J connectivity index is 2.20. The van der Waals surface area contributed by atoms with Crippen molar-refractivity contribution in [2.75, 3.05) is 0 Å². The summed E-state index contributed by atoms with van der Waals surface area (Å²) in [7, 11) is 0. The summed E-state index contributed by atoms with van der Waals surface area (Å²) in [6, 6.07) is 4.33. The Hall–Kier alpha value is -0.960. The molecule has 1 unspecified atom stereocenters. The van der Waals surface area contributed by atoms with Crippen LogP contribution < -0.4 is 5.73 Å². The Morgan fingerprint density at radius 1 is 1.22 bits per heavy atom. The van der Waals surface area contributed by atoms with Crippen molar-refractivity contribution < 1.29 is 8.78 Å². The molecule has 100 valence electrons. The summed E-state index contributed by atoms with van der Waals surface area (Å²) in [4.78, 5) is 0. The summed E-state index contributed by atoms with van der Waals surface area (Å²) in [5.74, 6) is -1.53. The van der Waals surface area contributed by atoms with Gasteiger partial charge in [-0.2, -0.15) is 0 Å². The quantitative estimate of drug-likeness (QED) is 0.852. The first-order chi connectivity index (χ1) is 8.31. The van der Waals surface area contributed by atoms with Crippen molar-refractivity contribution in [3.05, 3.63) is 35.4 Å². The maximum Gasteiger partial charge on any atom is 0.162 e. The van der Waals surface area contributed by atoms with Gasteiger partial charge in [0.15, 0.2) is 11.6 Å². The van der Waals surface area contributed by atoms with Gasteiger partial charge in [0.25, 0.3) is 0 Å². The van der Waals surface area contributed by atoms with Crippen LogP contribution in [0.4, 0.5) is 8.78 Å². The van der Waals surface area contributed by atoms with Gasteiger partial charge in [-0.05, 0) is 42.7 Å². The molecule has 1 saturated carbocycles. The van der Waals surface area contributed by atoms with Gasteiger partial charge >= 0.3 is 0 Å². The van der Waals surface area contributed by atoms with E-state index in [1.165, 1.54) is 0 Å². The molecule has 0 bridgehead atoms. The Labute approximate surface area is 107 Å². The molecule has 2 rings (SSSR count). The molecule has 0 spiro atoms. The molecule has 1 aromatic rings. The third-order valence-electron chi connectivity index (χ3n) is 3.93. The summed E-state index contributed by atoms with van der Waals surface area (Å²) in [5.41, 5.74) is 6.58. The lowest BCUT2D eigenvalue weighted by Gasteiger charge is -2.42. The molecule has 0 radical (unpaired) electrons. The molecule has 0 aromatic heterocycles. The standard InChI is InChI=1S/C15H21F2N/c1-14(2)7-4-8-15(18,10-14)9-11-5-3-6-12(16)13(11)17/h3,5-6H,4,7-10,18H2,1-2H3. The fourth-order valence-corrected chi connectivity index (χ4v) is 3.26. The lowest BCUT2D eigenvalue weighted by Crippen LogP contribution is -2.48. The van der Waals surface area contributed by atoms with Crippen molar-refractivity contribution in [3.8, 4) is 0 Å². The third-order valence-corrected chi connectivity index (χ3v) is 3.93. The average molecular weight is 253 g/mol. The first-order valence-electron chi connectivity index (χ1n) is 6.53. The van der Waals surface area contributed by atoms with Crippen LogP contribution in [0.5, 0.6) is 0 Å². The average Bonchev–Trinajstić information content (AvgIpc) is 2.22. The molecule has 0 aliphatic heterocycles. The maximum atomic E-state index is 13.7. The van der Waals surface area contributed by atoms with Crippen LogP contribution in [-0.2, 0) is 6.42 Å². The van der Waals surface area contributed by atoms with Gasteiger partial charge in [-0.1, -0.05) is 32.4 Å². The van der Waals surface area contributed by atoms with Crippen LogP contribution in [0, 0.1) is 17.0 Å². The molecule has 0 heterocycles. The van der Waals surface area contributed by atoms with E-state index in [0.717, 1.165) is 31.7 Å². The van der Waals surface area contributed by atoms with E-state index in [-0.39, 0.29) is 5.41 Å². The number of benzene rings is 1. The molecule has 3 heteroatoms. The van der Waals surface area contributed by atoms with E-state index >= 15 is 0 Å². The Morgan fingerprint density at radius 2 is 1.94 bits per heavy atom. The van der Waals surface area contributed by atoms with Crippen molar-refractivity contribution in [2.24, 2.45) is 11.1 Å². The summed E-state index contributed by atoms with van der Waals surface area (Å²) in [6.45, 7) is 4.38.